The molecule has 0 bridgehead atoms. The quantitative estimate of drug-likeness (QED) is 0.887. The van der Waals surface area contributed by atoms with Crippen molar-refractivity contribution in [3.8, 4) is 5.75 Å². The molecular weight excluding hydrogens is 273 g/mol. The van der Waals surface area contributed by atoms with Crippen LogP contribution in [-0.4, -0.2) is 28.3 Å². The summed E-state index contributed by atoms with van der Waals surface area (Å²) in [4.78, 5) is 11.9. The van der Waals surface area contributed by atoms with Crippen LogP contribution in [0.25, 0.3) is 0 Å². The van der Waals surface area contributed by atoms with E-state index in [1.54, 1.807) is 30.1 Å². The third kappa shape index (κ3) is 4.30. The molecule has 0 unspecified atom stereocenters. The van der Waals surface area contributed by atoms with Crippen LogP contribution in [0.1, 0.15) is 23.7 Å². The number of nitrogens with one attached hydrogen (secondary N) is 1. The molecule has 2 aromatic rings. The zero-order valence-corrected chi connectivity index (χ0v) is 12.0. The zero-order chi connectivity index (χ0) is 15.2. The van der Waals surface area contributed by atoms with Crippen LogP contribution in [0, 0.1) is 5.82 Å². The number of aromatic nitrogens is 2. The lowest BCUT2D eigenvalue weighted by molar-refractivity contribution is 0.0925. The lowest BCUT2D eigenvalue weighted by Crippen LogP contribution is -2.34. The molecule has 0 spiro atoms. The molecule has 1 aromatic heterocycles. The van der Waals surface area contributed by atoms with E-state index in [-0.39, 0.29) is 17.8 Å². The Morgan fingerprint density at radius 3 is 2.95 bits per heavy atom. The van der Waals surface area contributed by atoms with Gasteiger partial charge in [-0.3, -0.25) is 9.48 Å². The Morgan fingerprint density at radius 2 is 2.33 bits per heavy atom. The van der Waals surface area contributed by atoms with Crippen LogP contribution < -0.4 is 10.1 Å². The normalized spacial score (nSPS) is 12.0. The fourth-order valence-corrected chi connectivity index (χ4v) is 1.85. The van der Waals surface area contributed by atoms with Crippen LogP contribution in [0.4, 0.5) is 4.39 Å². The summed E-state index contributed by atoms with van der Waals surface area (Å²) in [5.74, 6) is -0.0939. The molecule has 0 aliphatic rings. The van der Waals surface area contributed by atoms with Gasteiger partial charge in [0.2, 0.25) is 0 Å². The maximum absolute atomic E-state index is 13.1. The van der Waals surface area contributed by atoms with Crippen LogP contribution in [0.3, 0.4) is 0 Å². The van der Waals surface area contributed by atoms with Crippen molar-refractivity contribution in [2.75, 3.05) is 6.54 Å². The molecule has 1 aromatic carbocycles. The number of hydrogen-bond donors (Lipinski definition) is 1. The van der Waals surface area contributed by atoms with Gasteiger partial charge in [0.15, 0.2) is 0 Å². The molecule has 0 saturated heterocycles. The molecule has 0 aliphatic heterocycles. The van der Waals surface area contributed by atoms with Gasteiger partial charge < -0.3 is 10.1 Å². The molecule has 1 heterocycles. The first-order valence-electron chi connectivity index (χ1n) is 6.77. The number of halogens is 1. The van der Waals surface area contributed by atoms with Gasteiger partial charge in [-0.25, -0.2) is 4.39 Å². The Hall–Kier alpha value is -2.37. The summed E-state index contributed by atoms with van der Waals surface area (Å²) < 4.78 is 20.3. The van der Waals surface area contributed by atoms with Crippen LogP contribution in [0.2, 0.25) is 0 Å². The number of aryl methyl sites for hydroxylation is 1. The second-order valence-electron chi connectivity index (χ2n) is 4.72. The first-order chi connectivity index (χ1) is 10.1. The smallest absolute Gasteiger partial charge is 0.254 e. The summed E-state index contributed by atoms with van der Waals surface area (Å²) in [5.41, 5.74) is 0.498. The molecule has 112 valence electrons. The fraction of sp³-hybridized carbons (Fsp3) is 0.333. The highest BCUT2D eigenvalue weighted by Crippen LogP contribution is 2.14. The van der Waals surface area contributed by atoms with E-state index in [4.69, 9.17) is 4.74 Å². The van der Waals surface area contributed by atoms with E-state index in [2.05, 4.69) is 10.4 Å². The molecule has 0 fully saturated rings. The van der Waals surface area contributed by atoms with Gasteiger partial charge in [0.05, 0.1) is 18.3 Å². The van der Waals surface area contributed by atoms with Gasteiger partial charge in [0, 0.05) is 19.3 Å². The minimum Gasteiger partial charge on any atom is -0.489 e. The second-order valence-corrected chi connectivity index (χ2v) is 4.72. The lowest BCUT2D eigenvalue weighted by atomic mass is 10.2. The van der Waals surface area contributed by atoms with Crippen LogP contribution in [0.15, 0.2) is 36.7 Å². The van der Waals surface area contributed by atoms with Gasteiger partial charge in [0.25, 0.3) is 5.91 Å². The highest BCUT2D eigenvalue weighted by atomic mass is 19.1. The van der Waals surface area contributed by atoms with Crippen LogP contribution in [-0.2, 0) is 7.05 Å². The van der Waals surface area contributed by atoms with E-state index in [1.807, 2.05) is 6.92 Å². The van der Waals surface area contributed by atoms with Gasteiger partial charge >= 0.3 is 0 Å². The van der Waals surface area contributed by atoms with E-state index in [9.17, 15) is 9.18 Å². The van der Waals surface area contributed by atoms with Crippen molar-refractivity contribution < 1.29 is 13.9 Å². The second kappa shape index (κ2) is 6.88. The first-order valence-corrected chi connectivity index (χ1v) is 6.77. The van der Waals surface area contributed by atoms with Gasteiger partial charge in [-0.2, -0.15) is 5.10 Å². The van der Waals surface area contributed by atoms with E-state index in [0.29, 0.717) is 24.3 Å². The molecule has 1 N–H and O–H groups in total. The number of nitrogens with zero attached hydrogens (tertiary/aromatic N) is 2. The minimum atomic E-state index is -0.346. The SMILES string of the molecule is CC[C@@H](CNC(=O)c1cnn(C)c1)Oc1cccc(F)c1. The summed E-state index contributed by atoms with van der Waals surface area (Å²) in [6.07, 6.45) is 3.63. The maximum atomic E-state index is 13.1. The zero-order valence-electron chi connectivity index (χ0n) is 12.0. The molecule has 0 saturated carbocycles. The number of hydrogen-bond acceptors (Lipinski definition) is 3. The molecule has 2 rings (SSSR count). The molecule has 1 amide bonds. The molecular formula is C15H18FN3O2. The average Bonchev–Trinajstić information content (AvgIpc) is 2.90. The van der Waals surface area contributed by atoms with Gasteiger partial charge in [0.1, 0.15) is 17.7 Å². The Bertz CT molecular complexity index is 612. The van der Waals surface area contributed by atoms with Crippen molar-refractivity contribution in [2.45, 2.75) is 19.4 Å². The van der Waals surface area contributed by atoms with Gasteiger partial charge in [-0.05, 0) is 18.6 Å². The Labute approximate surface area is 122 Å². The van der Waals surface area contributed by atoms with E-state index in [1.165, 1.54) is 18.3 Å². The topological polar surface area (TPSA) is 56.2 Å². The standard InChI is InChI=1S/C15H18FN3O2/c1-3-13(21-14-6-4-5-12(16)7-14)9-17-15(20)11-8-18-19(2)10-11/h4-8,10,13H,3,9H2,1-2H3,(H,17,20)/t13-/m0/s1. The molecule has 21 heavy (non-hydrogen) atoms. The molecule has 1 atom stereocenters. The summed E-state index contributed by atoms with van der Waals surface area (Å²) in [6, 6.07) is 5.96. The van der Waals surface area contributed by atoms with Crippen molar-refractivity contribution in [3.05, 3.63) is 48.0 Å². The third-order valence-electron chi connectivity index (χ3n) is 3.01. The number of carbonyl (C=O) groups excluding carboxylic acids is 1. The monoisotopic (exact) mass is 291 g/mol. The number of ether oxygens (including phenoxy) is 1. The molecule has 0 aliphatic carbocycles. The van der Waals surface area contributed by atoms with Crippen molar-refractivity contribution >= 4 is 5.91 Å². The van der Waals surface area contributed by atoms with Crippen LogP contribution in [0.5, 0.6) is 5.75 Å². The van der Waals surface area contributed by atoms with E-state index >= 15 is 0 Å². The number of carbonyl (C=O) groups is 1. The minimum absolute atomic E-state index is 0.204. The summed E-state index contributed by atoms with van der Waals surface area (Å²) in [6.45, 7) is 2.29. The highest BCUT2D eigenvalue weighted by molar-refractivity contribution is 5.93. The molecule has 0 radical (unpaired) electrons. The van der Waals surface area contributed by atoms with Crippen molar-refractivity contribution in [1.29, 1.82) is 0 Å². The largest absolute Gasteiger partial charge is 0.489 e. The fourth-order valence-electron chi connectivity index (χ4n) is 1.85. The first kappa shape index (κ1) is 15.0. The molecule has 6 heteroatoms. The number of amides is 1. The predicted molar refractivity (Wildman–Crippen MR) is 76.6 cm³/mol. The van der Waals surface area contributed by atoms with E-state index < -0.39 is 0 Å². The number of rotatable bonds is 6. The predicted octanol–water partition coefficient (Wildman–Crippen LogP) is 2.15. The summed E-state index contributed by atoms with van der Waals surface area (Å²) in [7, 11) is 1.75. The highest BCUT2D eigenvalue weighted by Gasteiger charge is 2.13. The van der Waals surface area contributed by atoms with E-state index in [0.717, 1.165) is 0 Å². The lowest BCUT2D eigenvalue weighted by Gasteiger charge is -2.18. The Kier molecular flexibility index (Phi) is 4.92. The maximum Gasteiger partial charge on any atom is 0.254 e. The van der Waals surface area contributed by atoms with Crippen molar-refractivity contribution in [3.63, 3.8) is 0 Å². The number of benzene rings is 1. The Balaban J connectivity index is 1.89. The van der Waals surface area contributed by atoms with Gasteiger partial charge in [-0.1, -0.05) is 13.0 Å². The summed E-state index contributed by atoms with van der Waals surface area (Å²) in [5, 5.41) is 6.73. The van der Waals surface area contributed by atoms with Gasteiger partial charge in [-0.15, -0.1) is 0 Å². The Morgan fingerprint density at radius 1 is 1.52 bits per heavy atom. The van der Waals surface area contributed by atoms with Crippen molar-refractivity contribution in [1.82, 2.24) is 15.1 Å². The average molecular weight is 291 g/mol. The summed E-state index contributed by atoms with van der Waals surface area (Å²) >= 11 is 0. The third-order valence-corrected chi connectivity index (χ3v) is 3.01. The molecule has 5 nitrogen and oxygen atoms in total. The van der Waals surface area contributed by atoms with Crippen molar-refractivity contribution in [2.24, 2.45) is 7.05 Å². The van der Waals surface area contributed by atoms with Crippen LogP contribution >= 0.6 is 0 Å².